The molecule has 108 valence electrons. The molecular weight excluding hydrogens is 290 g/mol. The monoisotopic (exact) mass is 303 g/mol. The first-order valence-corrected chi connectivity index (χ1v) is 6.96. The molecule has 3 rings (SSSR count). The van der Waals surface area contributed by atoms with Gasteiger partial charge in [0.15, 0.2) is 0 Å². The molecule has 1 aliphatic heterocycles. The van der Waals surface area contributed by atoms with Gasteiger partial charge in [-0.3, -0.25) is 10.1 Å². The second-order valence-electron chi connectivity index (χ2n) is 5.08. The molecule has 0 amide bonds. The Labute approximate surface area is 127 Å². The summed E-state index contributed by atoms with van der Waals surface area (Å²) in [6, 6.07) is 12.3. The van der Waals surface area contributed by atoms with Gasteiger partial charge in [-0.15, -0.1) is 0 Å². The smallest absolute Gasteiger partial charge is 0.269 e. The third kappa shape index (κ3) is 2.57. The fraction of sp³-hybridized carbons (Fsp3) is 0.200. The lowest BCUT2D eigenvalue weighted by Gasteiger charge is -2.20. The third-order valence-corrected chi connectivity index (χ3v) is 4.07. The Balaban J connectivity index is 1.92. The van der Waals surface area contributed by atoms with Gasteiger partial charge in [0, 0.05) is 47.5 Å². The maximum atomic E-state index is 10.9. The van der Waals surface area contributed by atoms with Gasteiger partial charge in [-0.25, -0.2) is 0 Å². The summed E-state index contributed by atoms with van der Waals surface area (Å²) in [5.41, 5.74) is 8.94. The third-order valence-electron chi connectivity index (χ3n) is 3.70. The zero-order valence-electron chi connectivity index (χ0n) is 11.2. The minimum absolute atomic E-state index is 0.0730. The first-order valence-electron chi connectivity index (χ1n) is 6.58. The van der Waals surface area contributed by atoms with Crippen LogP contribution in [0.25, 0.3) is 0 Å². The quantitative estimate of drug-likeness (QED) is 0.697. The largest absolute Gasteiger partial charge is 0.365 e. The molecule has 0 radical (unpaired) electrons. The highest BCUT2D eigenvalue weighted by atomic mass is 35.5. The Morgan fingerprint density at radius 3 is 2.81 bits per heavy atom. The zero-order chi connectivity index (χ0) is 15.0. The molecular formula is C15H14ClN3O2. The summed E-state index contributed by atoms with van der Waals surface area (Å²) in [6.07, 6.45) is 0. The number of nitro groups is 1. The van der Waals surface area contributed by atoms with E-state index < -0.39 is 4.92 Å². The molecule has 0 spiro atoms. The number of hydrogen-bond donors (Lipinski definition) is 1. The van der Waals surface area contributed by atoms with Crippen molar-refractivity contribution in [1.29, 1.82) is 0 Å². The number of anilines is 1. The van der Waals surface area contributed by atoms with Crippen molar-refractivity contribution in [1.82, 2.24) is 0 Å². The molecule has 5 nitrogen and oxygen atoms in total. The molecule has 0 aromatic heterocycles. The van der Waals surface area contributed by atoms with Crippen molar-refractivity contribution in [3.05, 3.63) is 68.7 Å². The topological polar surface area (TPSA) is 72.4 Å². The van der Waals surface area contributed by atoms with Gasteiger partial charge < -0.3 is 10.6 Å². The second kappa shape index (κ2) is 5.35. The lowest BCUT2D eigenvalue weighted by atomic mass is 10.1. The van der Waals surface area contributed by atoms with Crippen LogP contribution in [-0.4, -0.2) is 11.5 Å². The predicted octanol–water partition coefficient (Wildman–Crippen LogP) is 3.27. The maximum absolute atomic E-state index is 10.9. The van der Waals surface area contributed by atoms with Crippen LogP contribution in [0.1, 0.15) is 17.2 Å². The first-order chi connectivity index (χ1) is 10.1. The predicted molar refractivity (Wildman–Crippen MR) is 82.5 cm³/mol. The fourth-order valence-corrected chi connectivity index (χ4v) is 2.85. The lowest BCUT2D eigenvalue weighted by Crippen LogP contribution is -2.24. The van der Waals surface area contributed by atoms with Crippen LogP contribution >= 0.6 is 11.6 Å². The second-order valence-corrected chi connectivity index (χ2v) is 5.49. The summed E-state index contributed by atoms with van der Waals surface area (Å²) in [5, 5.41) is 11.6. The number of benzene rings is 2. The Morgan fingerprint density at radius 1 is 1.33 bits per heavy atom. The number of halogens is 1. The molecule has 0 saturated carbocycles. The maximum Gasteiger partial charge on any atom is 0.269 e. The molecule has 2 N–H and O–H groups in total. The van der Waals surface area contributed by atoms with Gasteiger partial charge in [0.2, 0.25) is 0 Å². The van der Waals surface area contributed by atoms with E-state index in [4.69, 9.17) is 17.3 Å². The average Bonchev–Trinajstić information content (AvgIpc) is 2.77. The molecule has 1 aliphatic rings. The number of nitrogens with two attached hydrogens (primary N) is 1. The number of non-ortho nitro benzene ring substituents is 1. The molecule has 0 aliphatic carbocycles. The Kier molecular flexibility index (Phi) is 3.53. The van der Waals surface area contributed by atoms with E-state index in [1.807, 2.05) is 24.3 Å². The van der Waals surface area contributed by atoms with E-state index in [1.54, 1.807) is 12.1 Å². The summed E-state index contributed by atoms with van der Waals surface area (Å²) < 4.78 is 0. The molecule has 0 bridgehead atoms. The Morgan fingerprint density at radius 2 is 2.10 bits per heavy atom. The van der Waals surface area contributed by atoms with Crippen molar-refractivity contribution in [2.24, 2.45) is 5.73 Å². The van der Waals surface area contributed by atoms with E-state index >= 15 is 0 Å². The van der Waals surface area contributed by atoms with Gasteiger partial charge in [-0.1, -0.05) is 29.8 Å². The van der Waals surface area contributed by atoms with Crippen molar-refractivity contribution >= 4 is 23.0 Å². The van der Waals surface area contributed by atoms with Gasteiger partial charge in [-0.2, -0.15) is 0 Å². The van der Waals surface area contributed by atoms with E-state index in [0.717, 1.165) is 16.8 Å². The molecule has 1 heterocycles. The number of hydrogen-bond acceptors (Lipinski definition) is 4. The van der Waals surface area contributed by atoms with Crippen molar-refractivity contribution in [3.8, 4) is 0 Å². The van der Waals surface area contributed by atoms with Crippen LogP contribution in [0.4, 0.5) is 11.4 Å². The van der Waals surface area contributed by atoms with Crippen LogP contribution in [0.5, 0.6) is 0 Å². The average molecular weight is 304 g/mol. The van der Waals surface area contributed by atoms with Crippen molar-refractivity contribution < 1.29 is 4.92 Å². The molecule has 2 aromatic rings. The van der Waals surface area contributed by atoms with Crippen LogP contribution in [-0.2, 0) is 6.54 Å². The summed E-state index contributed by atoms with van der Waals surface area (Å²) in [4.78, 5) is 12.6. The highest BCUT2D eigenvalue weighted by Gasteiger charge is 2.28. The molecule has 6 heteroatoms. The highest BCUT2D eigenvalue weighted by Crippen LogP contribution is 2.37. The fourth-order valence-electron chi connectivity index (χ4n) is 2.66. The summed E-state index contributed by atoms with van der Waals surface area (Å²) in [5.74, 6) is 0. The normalized spacial score (nSPS) is 16.9. The standard InChI is InChI=1S/C15H14ClN3O2/c16-13-4-2-1-3-10(13)8-18-9-14(17)12-7-11(19(20)21)5-6-15(12)18/h1-7,14H,8-9,17H2. The minimum atomic E-state index is -0.399. The van der Waals surface area contributed by atoms with Crippen LogP contribution in [0.2, 0.25) is 5.02 Å². The van der Waals surface area contributed by atoms with Gasteiger partial charge in [-0.05, 0) is 17.7 Å². The van der Waals surface area contributed by atoms with E-state index in [9.17, 15) is 10.1 Å². The SMILES string of the molecule is NC1CN(Cc2ccccc2Cl)c2ccc([N+](=O)[O-])cc21. The van der Waals surface area contributed by atoms with Gasteiger partial charge in [0.1, 0.15) is 0 Å². The number of nitro benzene ring substituents is 1. The van der Waals surface area contributed by atoms with Gasteiger partial charge >= 0.3 is 0 Å². The molecule has 1 atom stereocenters. The van der Waals surface area contributed by atoms with Crippen LogP contribution in [0, 0.1) is 10.1 Å². The first kappa shape index (κ1) is 13.9. The number of rotatable bonds is 3. The van der Waals surface area contributed by atoms with Crippen LogP contribution < -0.4 is 10.6 Å². The molecule has 21 heavy (non-hydrogen) atoms. The van der Waals surface area contributed by atoms with Gasteiger partial charge in [0.25, 0.3) is 5.69 Å². The summed E-state index contributed by atoms with van der Waals surface area (Å²) in [7, 11) is 0. The van der Waals surface area contributed by atoms with E-state index in [-0.39, 0.29) is 11.7 Å². The highest BCUT2D eigenvalue weighted by molar-refractivity contribution is 6.31. The van der Waals surface area contributed by atoms with Crippen molar-refractivity contribution in [2.75, 3.05) is 11.4 Å². The molecule has 1 unspecified atom stereocenters. The lowest BCUT2D eigenvalue weighted by molar-refractivity contribution is -0.384. The zero-order valence-corrected chi connectivity index (χ0v) is 12.0. The van der Waals surface area contributed by atoms with E-state index in [1.165, 1.54) is 6.07 Å². The minimum Gasteiger partial charge on any atom is -0.365 e. The van der Waals surface area contributed by atoms with E-state index in [2.05, 4.69) is 4.90 Å². The molecule has 0 fully saturated rings. The Hall–Kier alpha value is -2.11. The molecule has 2 aromatic carbocycles. The van der Waals surface area contributed by atoms with Crippen LogP contribution in [0.15, 0.2) is 42.5 Å². The molecule has 0 saturated heterocycles. The Bertz CT molecular complexity index is 705. The number of nitrogens with zero attached hydrogens (tertiary/aromatic N) is 2. The van der Waals surface area contributed by atoms with Crippen molar-refractivity contribution in [2.45, 2.75) is 12.6 Å². The number of fused-ring (bicyclic) bond motifs is 1. The van der Waals surface area contributed by atoms with Crippen LogP contribution in [0.3, 0.4) is 0 Å². The van der Waals surface area contributed by atoms with E-state index in [0.29, 0.717) is 18.1 Å². The summed E-state index contributed by atoms with van der Waals surface area (Å²) >= 11 is 6.19. The van der Waals surface area contributed by atoms with Gasteiger partial charge in [0.05, 0.1) is 4.92 Å². The summed E-state index contributed by atoms with van der Waals surface area (Å²) in [6.45, 7) is 1.26. The van der Waals surface area contributed by atoms with Crippen molar-refractivity contribution in [3.63, 3.8) is 0 Å².